The zero-order valence-electron chi connectivity index (χ0n) is 17.3. The highest BCUT2D eigenvalue weighted by Crippen LogP contribution is 2.04. The smallest absolute Gasteiger partial charge is 0.320 e. The third-order valence-corrected chi connectivity index (χ3v) is 4.25. The third-order valence-electron chi connectivity index (χ3n) is 4.25. The zero-order chi connectivity index (χ0) is 22.5. The number of imide groups is 1. The zero-order valence-corrected chi connectivity index (χ0v) is 17.3. The number of nitrogens with one attached hydrogen (secondary N) is 3. The van der Waals surface area contributed by atoms with Gasteiger partial charge in [0, 0.05) is 51.2 Å². The number of hydrogen-bond acceptors (Lipinski definition) is 7. The first-order valence-electron chi connectivity index (χ1n) is 9.83. The molecule has 0 aliphatic carbocycles. The van der Waals surface area contributed by atoms with E-state index in [1.165, 1.54) is 12.2 Å². The second-order valence-corrected chi connectivity index (χ2v) is 6.99. The third kappa shape index (κ3) is 9.61. The van der Waals surface area contributed by atoms with Crippen LogP contribution in [0.5, 0.6) is 0 Å². The molecule has 4 amide bonds. The van der Waals surface area contributed by atoms with Gasteiger partial charge in [-0.15, -0.1) is 0 Å². The minimum Gasteiger partial charge on any atom is -0.480 e. The fourth-order valence-corrected chi connectivity index (χ4v) is 2.61. The summed E-state index contributed by atoms with van der Waals surface area (Å²) in [6.07, 6.45) is 2.49. The number of carbonyl (C=O) groups excluding carboxylic acids is 4. The number of nitrogens with zero attached hydrogens (tertiary/aromatic N) is 1. The Labute approximate surface area is 175 Å². The summed E-state index contributed by atoms with van der Waals surface area (Å²) >= 11 is 0. The van der Waals surface area contributed by atoms with E-state index >= 15 is 0 Å². The van der Waals surface area contributed by atoms with E-state index in [-0.39, 0.29) is 56.9 Å². The number of hydrogen-bond donors (Lipinski definition) is 4. The minimum absolute atomic E-state index is 0.00907. The Balaban J connectivity index is 1.99. The van der Waals surface area contributed by atoms with Crippen molar-refractivity contribution >= 4 is 29.6 Å². The van der Waals surface area contributed by atoms with Gasteiger partial charge in [-0.1, -0.05) is 13.8 Å². The molecule has 0 aromatic rings. The van der Waals surface area contributed by atoms with E-state index in [0.29, 0.717) is 13.1 Å². The van der Waals surface area contributed by atoms with Gasteiger partial charge in [-0.05, 0) is 5.92 Å². The van der Waals surface area contributed by atoms with Gasteiger partial charge in [0.2, 0.25) is 11.8 Å². The lowest BCUT2D eigenvalue weighted by molar-refractivity contribution is -0.141. The molecule has 0 saturated carbocycles. The van der Waals surface area contributed by atoms with Crippen molar-refractivity contribution in [2.45, 2.75) is 32.7 Å². The predicted molar refractivity (Wildman–Crippen MR) is 106 cm³/mol. The molecule has 1 rings (SSSR count). The Hall–Kier alpha value is -2.79. The van der Waals surface area contributed by atoms with Gasteiger partial charge in [-0.2, -0.15) is 0 Å². The van der Waals surface area contributed by atoms with Crippen LogP contribution < -0.4 is 16.0 Å². The maximum atomic E-state index is 11.7. The van der Waals surface area contributed by atoms with Crippen LogP contribution in [0.3, 0.4) is 0 Å². The summed E-state index contributed by atoms with van der Waals surface area (Å²) in [6.45, 7) is 4.93. The number of carboxylic acid groups (broad SMARTS) is 1. The van der Waals surface area contributed by atoms with Crippen LogP contribution in [0.4, 0.5) is 0 Å². The van der Waals surface area contributed by atoms with Gasteiger partial charge in [0.1, 0.15) is 6.04 Å². The highest BCUT2D eigenvalue weighted by Gasteiger charge is 2.23. The van der Waals surface area contributed by atoms with E-state index in [1.54, 1.807) is 13.8 Å². The number of ether oxygens (including phenoxy) is 1. The topological polar surface area (TPSA) is 154 Å². The molecule has 0 unspecified atom stereocenters. The summed E-state index contributed by atoms with van der Waals surface area (Å²) in [4.78, 5) is 58.1. The molecule has 4 N–H and O–H groups in total. The van der Waals surface area contributed by atoms with E-state index in [4.69, 9.17) is 9.84 Å². The molecule has 30 heavy (non-hydrogen) atoms. The van der Waals surface area contributed by atoms with Gasteiger partial charge >= 0.3 is 5.97 Å². The first kappa shape index (κ1) is 25.2. The molecule has 11 heteroatoms. The van der Waals surface area contributed by atoms with Crippen LogP contribution in [0.2, 0.25) is 0 Å². The lowest BCUT2D eigenvalue weighted by Gasteiger charge is -2.17. The molecule has 1 atom stereocenters. The standard InChI is InChI=1S/C19H30N4O7/c1-13(2)18(19(28)29)22-8-7-20-15(25)6-11-30-12-9-21-14(24)5-10-23-16(26)3-4-17(23)27/h3-4,13,18,22H,5-12H2,1-2H3,(H,20,25)(H,21,24)(H,28,29)/t18-/m0/s1. The summed E-state index contributed by atoms with van der Waals surface area (Å²) in [6, 6.07) is -0.659. The highest BCUT2D eigenvalue weighted by molar-refractivity contribution is 6.13. The van der Waals surface area contributed by atoms with E-state index in [1.807, 2.05) is 0 Å². The van der Waals surface area contributed by atoms with Gasteiger partial charge in [-0.3, -0.25) is 28.9 Å². The van der Waals surface area contributed by atoms with Crippen molar-refractivity contribution in [3.05, 3.63) is 12.2 Å². The fraction of sp³-hybridized carbons (Fsp3) is 0.632. The van der Waals surface area contributed by atoms with Crippen molar-refractivity contribution in [3.63, 3.8) is 0 Å². The maximum Gasteiger partial charge on any atom is 0.320 e. The quantitative estimate of drug-likeness (QED) is 0.185. The number of aliphatic carboxylic acids is 1. The summed E-state index contributed by atoms with van der Waals surface area (Å²) in [7, 11) is 0. The summed E-state index contributed by atoms with van der Waals surface area (Å²) in [5, 5.41) is 17.2. The molecule has 0 aromatic carbocycles. The van der Waals surface area contributed by atoms with Crippen LogP contribution >= 0.6 is 0 Å². The Kier molecular flexibility index (Phi) is 11.3. The molecule has 0 spiro atoms. The lowest BCUT2D eigenvalue weighted by Crippen LogP contribution is -2.44. The molecular weight excluding hydrogens is 396 g/mol. The largest absolute Gasteiger partial charge is 0.480 e. The second-order valence-electron chi connectivity index (χ2n) is 6.99. The Morgan fingerprint density at radius 3 is 2.17 bits per heavy atom. The average molecular weight is 426 g/mol. The van der Waals surface area contributed by atoms with Crippen LogP contribution in [0.15, 0.2) is 12.2 Å². The van der Waals surface area contributed by atoms with Crippen LogP contribution in [0, 0.1) is 5.92 Å². The number of rotatable bonds is 15. The molecule has 1 aliphatic heterocycles. The van der Waals surface area contributed by atoms with Crippen molar-refractivity contribution in [3.8, 4) is 0 Å². The van der Waals surface area contributed by atoms with E-state index in [0.717, 1.165) is 4.90 Å². The normalized spacial score (nSPS) is 14.3. The molecule has 168 valence electrons. The Morgan fingerprint density at radius 1 is 0.967 bits per heavy atom. The summed E-state index contributed by atoms with van der Waals surface area (Å²) in [5.41, 5.74) is 0. The number of carbonyl (C=O) groups is 5. The molecule has 1 aliphatic rings. The summed E-state index contributed by atoms with van der Waals surface area (Å²) in [5.74, 6) is -2.36. The van der Waals surface area contributed by atoms with Crippen molar-refractivity contribution in [1.29, 1.82) is 0 Å². The van der Waals surface area contributed by atoms with Gasteiger partial charge in [-0.25, -0.2) is 0 Å². The number of amides is 4. The molecule has 11 nitrogen and oxygen atoms in total. The van der Waals surface area contributed by atoms with E-state index < -0.39 is 23.8 Å². The summed E-state index contributed by atoms with van der Waals surface area (Å²) < 4.78 is 5.28. The first-order chi connectivity index (χ1) is 14.2. The molecular formula is C19H30N4O7. The van der Waals surface area contributed by atoms with Crippen molar-refractivity contribution in [2.75, 3.05) is 39.4 Å². The Morgan fingerprint density at radius 2 is 1.57 bits per heavy atom. The van der Waals surface area contributed by atoms with Crippen molar-refractivity contribution < 1.29 is 33.8 Å². The van der Waals surface area contributed by atoms with E-state index in [9.17, 15) is 24.0 Å². The van der Waals surface area contributed by atoms with Crippen LogP contribution in [0.1, 0.15) is 26.7 Å². The monoisotopic (exact) mass is 426 g/mol. The average Bonchev–Trinajstić information content (AvgIpc) is 2.99. The lowest BCUT2D eigenvalue weighted by atomic mass is 10.1. The molecule has 1 heterocycles. The minimum atomic E-state index is -0.924. The van der Waals surface area contributed by atoms with Crippen LogP contribution in [-0.4, -0.2) is 85.0 Å². The highest BCUT2D eigenvalue weighted by atomic mass is 16.5. The second kappa shape index (κ2) is 13.4. The predicted octanol–water partition coefficient (Wildman–Crippen LogP) is -1.36. The van der Waals surface area contributed by atoms with Crippen LogP contribution in [0.25, 0.3) is 0 Å². The van der Waals surface area contributed by atoms with Crippen molar-refractivity contribution in [1.82, 2.24) is 20.9 Å². The van der Waals surface area contributed by atoms with Gasteiger partial charge in [0.05, 0.1) is 13.2 Å². The SMILES string of the molecule is CC(C)[C@H](NCCNC(=O)CCOCCNC(=O)CCN1C(=O)C=CC1=O)C(=O)O. The maximum absolute atomic E-state index is 11.7. The molecule has 0 radical (unpaired) electrons. The fourth-order valence-electron chi connectivity index (χ4n) is 2.61. The van der Waals surface area contributed by atoms with Crippen LogP contribution in [-0.2, 0) is 28.7 Å². The first-order valence-corrected chi connectivity index (χ1v) is 9.83. The van der Waals surface area contributed by atoms with Gasteiger partial charge in [0.15, 0.2) is 0 Å². The van der Waals surface area contributed by atoms with E-state index in [2.05, 4.69) is 16.0 Å². The van der Waals surface area contributed by atoms with Gasteiger partial charge < -0.3 is 25.8 Å². The Bertz CT molecular complexity index is 645. The molecule has 0 aromatic heterocycles. The van der Waals surface area contributed by atoms with Crippen molar-refractivity contribution in [2.24, 2.45) is 5.92 Å². The molecule has 0 saturated heterocycles. The number of carboxylic acids is 1. The molecule has 0 fully saturated rings. The molecule has 0 bridgehead atoms. The van der Waals surface area contributed by atoms with Gasteiger partial charge in [0.25, 0.3) is 11.8 Å².